The maximum Gasteiger partial charge on any atom is 0.283 e. The Morgan fingerprint density at radius 2 is 2.50 bits per heavy atom. The first-order valence-electron chi connectivity index (χ1n) is 3.22. The molecule has 0 amide bonds. The minimum atomic E-state index is -0.262. The molecule has 0 saturated heterocycles. The van der Waals surface area contributed by atoms with Crippen molar-refractivity contribution in [3.05, 3.63) is 12.1 Å². The number of rotatable bonds is 1. The molecule has 1 N–H and O–H groups in total. The first kappa shape index (κ1) is 6.84. The van der Waals surface area contributed by atoms with Gasteiger partial charge in [-0.25, -0.2) is 4.98 Å². The highest BCUT2D eigenvalue weighted by molar-refractivity contribution is 6.01. The van der Waals surface area contributed by atoms with Crippen molar-refractivity contribution in [1.82, 2.24) is 14.9 Å². The zero-order chi connectivity index (χ0) is 8.72. The van der Waals surface area contributed by atoms with Crippen LogP contribution in [0, 0.1) is 0 Å². The first-order chi connectivity index (χ1) is 5.70. The minimum absolute atomic E-state index is 0.0835. The molecule has 2 heterocycles. The topological polar surface area (TPSA) is 81.2 Å². The lowest BCUT2D eigenvalue weighted by Crippen LogP contribution is -1.97. The lowest BCUT2D eigenvalue weighted by molar-refractivity contribution is 0.0995. The highest BCUT2D eigenvalue weighted by Gasteiger charge is 2.17. The van der Waals surface area contributed by atoms with Crippen LogP contribution in [0.5, 0.6) is 0 Å². The normalized spacial score (nSPS) is 10.8. The summed E-state index contributed by atoms with van der Waals surface area (Å²) in [5, 5.41) is 12.6. The zero-order valence-corrected chi connectivity index (χ0v) is 6.18. The minimum Gasteiger partial charge on any atom is -0.423 e. The van der Waals surface area contributed by atoms with Crippen LogP contribution in [0.25, 0.3) is 11.2 Å². The second kappa shape index (κ2) is 2.07. The molecule has 2 rings (SSSR count). The van der Waals surface area contributed by atoms with Gasteiger partial charge in [0.25, 0.3) is 5.71 Å². The SMILES string of the molecule is CC(=O)c1nn(O)c2ocnc12. The van der Waals surface area contributed by atoms with Crippen LogP contribution in [-0.4, -0.2) is 25.9 Å². The molecule has 62 valence electrons. The largest absolute Gasteiger partial charge is 0.423 e. The van der Waals surface area contributed by atoms with Gasteiger partial charge in [0, 0.05) is 6.92 Å². The molecule has 6 nitrogen and oxygen atoms in total. The summed E-state index contributed by atoms with van der Waals surface area (Å²) in [7, 11) is 0. The van der Waals surface area contributed by atoms with E-state index in [1.807, 2.05) is 0 Å². The van der Waals surface area contributed by atoms with Crippen molar-refractivity contribution in [3.63, 3.8) is 0 Å². The molecule has 0 bridgehead atoms. The van der Waals surface area contributed by atoms with Crippen molar-refractivity contribution >= 4 is 17.0 Å². The van der Waals surface area contributed by atoms with E-state index in [0.29, 0.717) is 4.85 Å². The van der Waals surface area contributed by atoms with Crippen LogP contribution in [0.1, 0.15) is 17.4 Å². The summed E-state index contributed by atoms with van der Waals surface area (Å²) in [4.78, 5) is 15.1. The summed E-state index contributed by atoms with van der Waals surface area (Å²) in [5.41, 5.74) is 0.478. The number of carbonyl (C=O) groups is 1. The Morgan fingerprint density at radius 1 is 1.75 bits per heavy atom. The molecular formula is C6H5N3O3. The van der Waals surface area contributed by atoms with Crippen molar-refractivity contribution in [2.45, 2.75) is 6.92 Å². The van der Waals surface area contributed by atoms with E-state index >= 15 is 0 Å². The van der Waals surface area contributed by atoms with Crippen molar-refractivity contribution in [2.75, 3.05) is 0 Å². The second-order valence-electron chi connectivity index (χ2n) is 2.30. The second-order valence-corrected chi connectivity index (χ2v) is 2.30. The van der Waals surface area contributed by atoms with Gasteiger partial charge in [-0.2, -0.15) is 0 Å². The highest BCUT2D eigenvalue weighted by atomic mass is 16.5. The molecule has 12 heavy (non-hydrogen) atoms. The maximum atomic E-state index is 10.9. The summed E-state index contributed by atoms with van der Waals surface area (Å²) in [5.74, 6) is -0.262. The van der Waals surface area contributed by atoms with Gasteiger partial charge < -0.3 is 9.62 Å². The lowest BCUT2D eigenvalue weighted by atomic mass is 10.3. The number of hydrogen-bond acceptors (Lipinski definition) is 5. The fraction of sp³-hybridized carbons (Fsp3) is 0.167. The summed E-state index contributed by atoms with van der Waals surface area (Å²) < 4.78 is 4.77. The Bertz CT molecular complexity index is 442. The molecule has 2 aromatic rings. The monoisotopic (exact) mass is 167 g/mol. The van der Waals surface area contributed by atoms with Gasteiger partial charge in [-0.15, -0.1) is 5.10 Å². The van der Waals surface area contributed by atoms with Crippen LogP contribution in [0.3, 0.4) is 0 Å². The number of ketones is 1. The fourth-order valence-corrected chi connectivity index (χ4v) is 0.969. The van der Waals surface area contributed by atoms with Crippen LogP contribution in [0.4, 0.5) is 0 Å². The van der Waals surface area contributed by atoms with E-state index in [-0.39, 0.29) is 22.7 Å². The van der Waals surface area contributed by atoms with E-state index in [0.717, 1.165) is 6.39 Å². The Morgan fingerprint density at radius 3 is 3.17 bits per heavy atom. The van der Waals surface area contributed by atoms with Gasteiger partial charge in [-0.05, 0) is 0 Å². The standard InChI is InChI=1S/C6H5N3O3/c1-3(10)4-5-6(9(11)8-4)12-2-7-5/h2,11H,1H3. The van der Waals surface area contributed by atoms with Gasteiger partial charge >= 0.3 is 0 Å². The van der Waals surface area contributed by atoms with E-state index in [4.69, 9.17) is 9.62 Å². The molecule has 0 atom stereocenters. The average molecular weight is 167 g/mol. The van der Waals surface area contributed by atoms with Crippen LogP contribution in [-0.2, 0) is 0 Å². The summed E-state index contributed by atoms with van der Waals surface area (Å²) in [6, 6.07) is 0. The number of carbonyl (C=O) groups excluding carboxylic acids is 1. The van der Waals surface area contributed by atoms with Gasteiger partial charge in [0.05, 0.1) is 0 Å². The molecule has 0 aliphatic carbocycles. The number of Topliss-reactive ketones (excluding diaryl/α,β-unsaturated/α-hetero) is 1. The van der Waals surface area contributed by atoms with Crippen molar-refractivity contribution < 1.29 is 14.4 Å². The molecule has 6 heteroatoms. The third-order valence-electron chi connectivity index (χ3n) is 1.48. The van der Waals surface area contributed by atoms with E-state index in [1.165, 1.54) is 6.92 Å². The molecule has 2 aromatic heterocycles. The predicted molar refractivity (Wildman–Crippen MR) is 37.0 cm³/mol. The third-order valence-corrected chi connectivity index (χ3v) is 1.48. The lowest BCUT2D eigenvalue weighted by Gasteiger charge is -1.84. The summed E-state index contributed by atoms with van der Waals surface area (Å²) >= 11 is 0. The predicted octanol–water partition coefficient (Wildman–Crippen LogP) is 0.464. The molecule has 0 spiro atoms. The average Bonchev–Trinajstić information content (AvgIpc) is 2.53. The zero-order valence-electron chi connectivity index (χ0n) is 6.18. The smallest absolute Gasteiger partial charge is 0.283 e. The van der Waals surface area contributed by atoms with Crippen molar-refractivity contribution in [1.29, 1.82) is 0 Å². The molecule has 0 radical (unpaired) electrons. The summed E-state index contributed by atoms with van der Waals surface area (Å²) in [6.07, 6.45) is 1.14. The maximum absolute atomic E-state index is 10.9. The van der Waals surface area contributed by atoms with E-state index < -0.39 is 0 Å². The Hall–Kier alpha value is -1.85. The van der Waals surface area contributed by atoms with Gasteiger partial charge in [-0.1, -0.05) is 4.85 Å². The molecule has 0 fully saturated rings. The van der Waals surface area contributed by atoms with Gasteiger partial charge in [0.2, 0.25) is 0 Å². The number of nitrogens with zero attached hydrogens (tertiary/aromatic N) is 3. The van der Waals surface area contributed by atoms with Crippen LogP contribution < -0.4 is 0 Å². The molecule has 0 aromatic carbocycles. The van der Waals surface area contributed by atoms with Crippen molar-refractivity contribution in [3.8, 4) is 0 Å². The highest BCUT2D eigenvalue weighted by Crippen LogP contribution is 2.15. The number of oxazole rings is 1. The molecule has 0 saturated carbocycles. The fourth-order valence-electron chi connectivity index (χ4n) is 0.969. The Kier molecular flexibility index (Phi) is 1.18. The molecule has 0 aliphatic rings. The van der Waals surface area contributed by atoms with Gasteiger partial charge in [-0.3, -0.25) is 4.79 Å². The number of hydrogen-bond donors (Lipinski definition) is 1. The Balaban J connectivity index is 2.83. The van der Waals surface area contributed by atoms with E-state index in [2.05, 4.69) is 10.1 Å². The van der Waals surface area contributed by atoms with Gasteiger partial charge in [0.1, 0.15) is 0 Å². The summed E-state index contributed by atoms with van der Waals surface area (Å²) in [6.45, 7) is 1.34. The van der Waals surface area contributed by atoms with Crippen LogP contribution in [0.15, 0.2) is 10.8 Å². The number of aromatic nitrogens is 3. The van der Waals surface area contributed by atoms with E-state index in [9.17, 15) is 4.79 Å². The van der Waals surface area contributed by atoms with Gasteiger partial charge in [0.15, 0.2) is 23.4 Å². The third kappa shape index (κ3) is 0.714. The molecule has 0 unspecified atom stereocenters. The van der Waals surface area contributed by atoms with E-state index in [1.54, 1.807) is 0 Å². The van der Waals surface area contributed by atoms with Crippen LogP contribution >= 0.6 is 0 Å². The molecular weight excluding hydrogens is 162 g/mol. The Labute approximate surface area is 66.4 Å². The molecule has 0 aliphatic heterocycles. The quantitative estimate of drug-likeness (QED) is 0.493. The van der Waals surface area contributed by atoms with Crippen LogP contribution in [0.2, 0.25) is 0 Å². The number of fused-ring (bicyclic) bond motifs is 1. The first-order valence-corrected chi connectivity index (χ1v) is 3.22. The van der Waals surface area contributed by atoms with Crippen molar-refractivity contribution in [2.24, 2.45) is 0 Å².